The quantitative estimate of drug-likeness (QED) is 0.563. The molecule has 1 unspecified atom stereocenters. The molecule has 0 bridgehead atoms. The zero-order chi connectivity index (χ0) is 22.5. The summed E-state index contributed by atoms with van der Waals surface area (Å²) in [6, 6.07) is 11.5. The van der Waals surface area contributed by atoms with Gasteiger partial charge in [-0.05, 0) is 63.4 Å². The number of hydrogen-bond donors (Lipinski definition) is 1. The number of nitrogens with zero attached hydrogens (tertiary/aromatic N) is 1. The summed E-state index contributed by atoms with van der Waals surface area (Å²) in [7, 11) is -4.06. The van der Waals surface area contributed by atoms with Gasteiger partial charge in [-0.1, -0.05) is 42.8 Å². The van der Waals surface area contributed by atoms with Crippen LogP contribution in [0.25, 0.3) is 0 Å². The first-order valence-electron chi connectivity index (χ1n) is 9.90. The molecule has 0 spiro atoms. The maximum absolute atomic E-state index is 12.7. The highest BCUT2D eigenvalue weighted by atomic mass is 35.5. The van der Waals surface area contributed by atoms with E-state index in [1.807, 2.05) is 27.7 Å². The fourth-order valence-electron chi connectivity index (χ4n) is 2.93. The maximum atomic E-state index is 12.7. The number of amides is 2. The summed E-state index contributed by atoms with van der Waals surface area (Å²) in [4.78, 5) is 14.3. The minimum absolute atomic E-state index is 0.0379. The van der Waals surface area contributed by atoms with Gasteiger partial charge in [0.2, 0.25) is 0 Å². The summed E-state index contributed by atoms with van der Waals surface area (Å²) in [5.41, 5.74) is 1.38. The van der Waals surface area contributed by atoms with Crippen LogP contribution in [0.1, 0.15) is 45.2 Å². The average molecular weight is 453 g/mol. The van der Waals surface area contributed by atoms with Crippen LogP contribution in [0.2, 0.25) is 5.02 Å². The Hall–Kier alpha value is -2.25. The van der Waals surface area contributed by atoms with Gasteiger partial charge in [0.15, 0.2) is 0 Å². The van der Waals surface area contributed by atoms with Crippen LogP contribution in [-0.2, 0) is 16.7 Å². The number of nitrogens with one attached hydrogen (secondary N) is 1. The van der Waals surface area contributed by atoms with E-state index in [0.29, 0.717) is 12.1 Å². The van der Waals surface area contributed by atoms with E-state index in [4.69, 9.17) is 15.8 Å². The molecule has 0 aliphatic rings. The molecule has 30 heavy (non-hydrogen) atoms. The van der Waals surface area contributed by atoms with Gasteiger partial charge < -0.3 is 14.4 Å². The van der Waals surface area contributed by atoms with Crippen molar-refractivity contribution in [1.29, 1.82) is 0 Å². The standard InChI is InChI=1S/C22H29ClN2O4S/c1-6-17(5)25(22(26)24-15(2)3)14-18-10-12-19(13-11-18)29-30(27,28)21-16(4)8-7-9-20(21)23/h7-13,15,17H,6,14H2,1-5H3,(H,24,26). The largest absolute Gasteiger partial charge is 0.379 e. The number of carbonyl (C=O) groups is 1. The monoisotopic (exact) mass is 452 g/mol. The number of aryl methyl sites for hydroxylation is 1. The van der Waals surface area contributed by atoms with Crippen molar-refractivity contribution in [3.63, 3.8) is 0 Å². The Bertz CT molecular complexity index is 955. The van der Waals surface area contributed by atoms with Crippen LogP contribution in [0, 0.1) is 6.92 Å². The molecular weight excluding hydrogens is 424 g/mol. The number of halogens is 1. The number of urea groups is 1. The Morgan fingerprint density at radius 3 is 2.30 bits per heavy atom. The maximum Gasteiger partial charge on any atom is 0.340 e. The number of rotatable bonds is 8. The van der Waals surface area contributed by atoms with Crippen LogP contribution >= 0.6 is 11.6 Å². The molecular formula is C22H29ClN2O4S. The topological polar surface area (TPSA) is 75.7 Å². The lowest BCUT2D eigenvalue weighted by Crippen LogP contribution is -2.46. The molecule has 6 nitrogen and oxygen atoms in total. The van der Waals surface area contributed by atoms with Crippen LogP contribution in [0.3, 0.4) is 0 Å². The van der Waals surface area contributed by atoms with Crippen molar-refractivity contribution in [2.45, 2.75) is 64.6 Å². The molecule has 1 N–H and O–H groups in total. The SMILES string of the molecule is CCC(C)N(Cc1ccc(OS(=O)(=O)c2c(C)cccc2Cl)cc1)C(=O)NC(C)C. The molecule has 0 aromatic heterocycles. The Kier molecular flexibility index (Phi) is 8.15. The summed E-state index contributed by atoms with van der Waals surface area (Å²) in [6.07, 6.45) is 0.822. The van der Waals surface area contributed by atoms with E-state index < -0.39 is 10.1 Å². The fourth-order valence-corrected chi connectivity index (χ4v) is 4.65. The second-order valence-electron chi connectivity index (χ2n) is 7.56. The lowest BCUT2D eigenvalue weighted by molar-refractivity contribution is 0.171. The molecule has 0 fully saturated rings. The minimum atomic E-state index is -4.06. The van der Waals surface area contributed by atoms with E-state index in [2.05, 4.69) is 5.32 Å². The van der Waals surface area contributed by atoms with Gasteiger partial charge in [0.1, 0.15) is 10.6 Å². The van der Waals surface area contributed by atoms with Crippen molar-refractivity contribution in [3.8, 4) is 5.75 Å². The summed E-state index contributed by atoms with van der Waals surface area (Å²) < 4.78 is 30.6. The van der Waals surface area contributed by atoms with Gasteiger partial charge in [-0.25, -0.2) is 4.79 Å². The molecule has 164 valence electrons. The predicted molar refractivity (Wildman–Crippen MR) is 119 cm³/mol. The van der Waals surface area contributed by atoms with Crippen molar-refractivity contribution in [2.75, 3.05) is 0 Å². The third-order valence-corrected chi connectivity index (χ3v) is 6.57. The van der Waals surface area contributed by atoms with Crippen molar-refractivity contribution in [3.05, 3.63) is 58.6 Å². The van der Waals surface area contributed by atoms with E-state index >= 15 is 0 Å². The second kappa shape index (κ2) is 10.2. The van der Waals surface area contributed by atoms with Crippen LogP contribution in [0.4, 0.5) is 4.79 Å². The number of benzene rings is 2. The molecule has 0 saturated carbocycles. The molecule has 0 heterocycles. The van der Waals surface area contributed by atoms with Gasteiger partial charge in [0.25, 0.3) is 0 Å². The van der Waals surface area contributed by atoms with Crippen molar-refractivity contribution in [1.82, 2.24) is 10.2 Å². The van der Waals surface area contributed by atoms with Gasteiger partial charge in [-0.15, -0.1) is 0 Å². The highest BCUT2D eigenvalue weighted by Crippen LogP contribution is 2.28. The molecule has 0 radical (unpaired) electrons. The molecule has 0 aliphatic heterocycles. The normalized spacial score (nSPS) is 12.5. The van der Waals surface area contributed by atoms with E-state index in [0.717, 1.165) is 12.0 Å². The molecule has 2 amide bonds. The summed E-state index contributed by atoms with van der Waals surface area (Å²) in [5, 5.41) is 3.04. The lowest BCUT2D eigenvalue weighted by Gasteiger charge is -2.29. The molecule has 1 atom stereocenters. The van der Waals surface area contributed by atoms with Crippen molar-refractivity contribution >= 4 is 27.8 Å². The van der Waals surface area contributed by atoms with E-state index in [1.165, 1.54) is 6.07 Å². The third-order valence-electron chi connectivity index (χ3n) is 4.69. The first-order valence-corrected chi connectivity index (χ1v) is 11.7. The van der Waals surface area contributed by atoms with Crippen molar-refractivity contribution in [2.24, 2.45) is 0 Å². The Morgan fingerprint density at radius 1 is 1.13 bits per heavy atom. The Labute approximate surface area is 184 Å². The first kappa shape index (κ1) is 24.0. The zero-order valence-corrected chi connectivity index (χ0v) is 19.5. The summed E-state index contributed by atoms with van der Waals surface area (Å²) in [6.45, 7) is 9.93. The molecule has 0 saturated heterocycles. The predicted octanol–water partition coefficient (Wildman–Crippen LogP) is 5.13. The second-order valence-corrected chi connectivity index (χ2v) is 9.45. The molecule has 0 aliphatic carbocycles. The van der Waals surface area contributed by atoms with Crippen LogP contribution < -0.4 is 9.50 Å². The fraction of sp³-hybridized carbons (Fsp3) is 0.409. The molecule has 2 aromatic rings. The number of carbonyl (C=O) groups excluding carboxylic acids is 1. The van der Waals surface area contributed by atoms with Crippen molar-refractivity contribution < 1.29 is 17.4 Å². The first-order chi connectivity index (χ1) is 14.0. The molecule has 2 rings (SSSR count). The van der Waals surface area contributed by atoms with Gasteiger partial charge in [0.05, 0.1) is 5.02 Å². The van der Waals surface area contributed by atoms with Gasteiger partial charge in [-0.2, -0.15) is 8.42 Å². The lowest BCUT2D eigenvalue weighted by atomic mass is 10.1. The van der Waals surface area contributed by atoms with Crippen LogP contribution in [0.15, 0.2) is 47.4 Å². The van der Waals surface area contributed by atoms with Gasteiger partial charge in [-0.3, -0.25) is 0 Å². The average Bonchev–Trinajstić information content (AvgIpc) is 2.65. The highest BCUT2D eigenvalue weighted by Gasteiger charge is 2.23. The van der Waals surface area contributed by atoms with Gasteiger partial charge in [0, 0.05) is 18.6 Å². The smallest absolute Gasteiger partial charge is 0.340 e. The van der Waals surface area contributed by atoms with Crippen LogP contribution in [-0.4, -0.2) is 31.4 Å². The Balaban J connectivity index is 2.18. The van der Waals surface area contributed by atoms with Gasteiger partial charge >= 0.3 is 16.1 Å². The van der Waals surface area contributed by atoms with Crippen LogP contribution in [0.5, 0.6) is 5.75 Å². The molecule has 8 heteroatoms. The number of hydrogen-bond acceptors (Lipinski definition) is 4. The zero-order valence-electron chi connectivity index (χ0n) is 18.0. The van der Waals surface area contributed by atoms with E-state index in [1.54, 1.807) is 48.2 Å². The summed E-state index contributed by atoms with van der Waals surface area (Å²) in [5.74, 6) is 0.180. The Morgan fingerprint density at radius 2 is 1.77 bits per heavy atom. The van der Waals surface area contributed by atoms with E-state index in [9.17, 15) is 13.2 Å². The molecule has 2 aromatic carbocycles. The minimum Gasteiger partial charge on any atom is -0.379 e. The summed E-state index contributed by atoms with van der Waals surface area (Å²) >= 11 is 6.07. The highest BCUT2D eigenvalue weighted by molar-refractivity contribution is 7.87. The van der Waals surface area contributed by atoms with E-state index in [-0.39, 0.29) is 33.8 Å². The third kappa shape index (κ3) is 6.12.